The van der Waals surface area contributed by atoms with Crippen LogP contribution in [-0.4, -0.2) is 10.7 Å². The van der Waals surface area contributed by atoms with E-state index in [1.165, 1.54) is 55.9 Å². The van der Waals surface area contributed by atoms with Gasteiger partial charge < -0.3 is 0 Å². The van der Waals surface area contributed by atoms with E-state index in [-0.39, 0.29) is 11.5 Å². The Morgan fingerprint density at radius 2 is 1.76 bits per heavy atom. The SMILES string of the molecule is O=C(C=Cc1cccc([N+](=O)[O-])c1)c1ccc(C2CCCCC2)cc1. The molecule has 0 atom stereocenters. The van der Waals surface area contributed by atoms with E-state index in [9.17, 15) is 14.9 Å². The molecule has 2 aromatic rings. The number of benzene rings is 2. The lowest BCUT2D eigenvalue weighted by molar-refractivity contribution is -0.384. The molecule has 0 bridgehead atoms. The van der Waals surface area contributed by atoms with E-state index in [1.54, 1.807) is 18.2 Å². The number of hydrogen-bond donors (Lipinski definition) is 0. The molecule has 0 amide bonds. The molecule has 3 rings (SSSR count). The second-order valence-corrected chi connectivity index (χ2v) is 6.51. The van der Waals surface area contributed by atoms with E-state index in [2.05, 4.69) is 12.1 Å². The highest BCUT2D eigenvalue weighted by atomic mass is 16.6. The minimum absolute atomic E-state index is 0.0198. The first-order chi connectivity index (χ1) is 12.1. The fourth-order valence-electron chi connectivity index (χ4n) is 3.37. The van der Waals surface area contributed by atoms with Crippen molar-refractivity contribution in [2.24, 2.45) is 0 Å². The quantitative estimate of drug-likeness (QED) is 0.312. The summed E-state index contributed by atoms with van der Waals surface area (Å²) in [5.41, 5.74) is 2.62. The molecular formula is C21H21NO3. The molecule has 0 spiro atoms. The van der Waals surface area contributed by atoms with E-state index >= 15 is 0 Å². The highest BCUT2D eigenvalue weighted by Crippen LogP contribution is 2.32. The van der Waals surface area contributed by atoms with Gasteiger partial charge in [0.2, 0.25) is 0 Å². The van der Waals surface area contributed by atoms with Crippen molar-refractivity contribution in [3.8, 4) is 0 Å². The fraction of sp³-hybridized carbons (Fsp3) is 0.286. The van der Waals surface area contributed by atoms with E-state index in [0.717, 1.165) is 0 Å². The number of allylic oxidation sites excluding steroid dienone is 1. The van der Waals surface area contributed by atoms with Gasteiger partial charge in [-0.25, -0.2) is 0 Å². The third kappa shape index (κ3) is 4.41. The van der Waals surface area contributed by atoms with Gasteiger partial charge in [0.25, 0.3) is 5.69 Å². The Balaban J connectivity index is 1.68. The van der Waals surface area contributed by atoms with Crippen LogP contribution in [-0.2, 0) is 0 Å². The summed E-state index contributed by atoms with van der Waals surface area (Å²) in [5.74, 6) is 0.528. The standard InChI is InChI=1S/C21H21NO3/c23-21(14-9-16-5-4-8-20(15-16)22(24)25)19-12-10-18(11-13-19)17-6-2-1-3-7-17/h4-5,8-15,17H,1-3,6-7H2. The average Bonchev–Trinajstić information content (AvgIpc) is 2.67. The number of hydrogen-bond acceptors (Lipinski definition) is 3. The van der Waals surface area contributed by atoms with Crippen molar-refractivity contribution >= 4 is 17.5 Å². The van der Waals surface area contributed by atoms with Gasteiger partial charge in [0, 0.05) is 17.7 Å². The zero-order valence-corrected chi connectivity index (χ0v) is 14.1. The Labute approximate surface area is 147 Å². The largest absolute Gasteiger partial charge is 0.289 e. The summed E-state index contributed by atoms with van der Waals surface area (Å²) < 4.78 is 0. The number of nitro benzene ring substituents is 1. The number of carbonyl (C=O) groups is 1. The van der Waals surface area contributed by atoms with Gasteiger partial charge in [-0.3, -0.25) is 14.9 Å². The van der Waals surface area contributed by atoms with Crippen LogP contribution >= 0.6 is 0 Å². The van der Waals surface area contributed by atoms with Crippen molar-refractivity contribution in [3.63, 3.8) is 0 Å². The van der Waals surface area contributed by atoms with Gasteiger partial charge in [-0.05, 0) is 36.0 Å². The summed E-state index contributed by atoms with van der Waals surface area (Å²) in [6, 6.07) is 14.1. The van der Waals surface area contributed by atoms with Crippen molar-refractivity contribution in [1.82, 2.24) is 0 Å². The lowest BCUT2D eigenvalue weighted by atomic mass is 9.84. The van der Waals surface area contributed by atoms with E-state index < -0.39 is 4.92 Å². The molecule has 0 N–H and O–H groups in total. The van der Waals surface area contributed by atoms with Gasteiger partial charge in [-0.2, -0.15) is 0 Å². The second kappa shape index (κ2) is 7.88. The number of nitro groups is 1. The summed E-state index contributed by atoms with van der Waals surface area (Å²) in [5, 5.41) is 10.8. The molecule has 25 heavy (non-hydrogen) atoms. The normalized spacial score (nSPS) is 15.4. The third-order valence-electron chi connectivity index (χ3n) is 4.78. The predicted molar refractivity (Wildman–Crippen MR) is 98.7 cm³/mol. The van der Waals surface area contributed by atoms with Crippen molar-refractivity contribution < 1.29 is 9.72 Å². The van der Waals surface area contributed by atoms with Crippen LogP contribution in [0.2, 0.25) is 0 Å². The molecule has 0 unspecified atom stereocenters. The topological polar surface area (TPSA) is 60.2 Å². The Morgan fingerprint density at radius 3 is 2.44 bits per heavy atom. The first-order valence-corrected chi connectivity index (χ1v) is 8.70. The molecule has 0 aromatic heterocycles. The van der Waals surface area contributed by atoms with Gasteiger partial charge in [-0.15, -0.1) is 0 Å². The van der Waals surface area contributed by atoms with Crippen LogP contribution in [0.1, 0.15) is 59.5 Å². The van der Waals surface area contributed by atoms with Crippen LogP contribution in [0.15, 0.2) is 54.6 Å². The second-order valence-electron chi connectivity index (χ2n) is 6.51. The van der Waals surface area contributed by atoms with E-state index in [0.29, 0.717) is 17.0 Å². The van der Waals surface area contributed by atoms with E-state index in [4.69, 9.17) is 0 Å². The molecule has 0 radical (unpaired) electrons. The molecule has 1 fully saturated rings. The van der Waals surface area contributed by atoms with Crippen LogP contribution in [0.5, 0.6) is 0 Å². The highest BCUT2D eigenvalue weighted by molar-refractivity contribution is 6.06. The highest BCUT2D eigenvalue weighted by Gasteiger charge is 2.15. The lowest BCUT2D eigenvalue weighted by Gasteiger charge is -2.21. The number of nitrogens with zero attached hydrogens (tertiary/aromatic N) is 1. The fourth-order valence-corrected chi connectivity index (χ4v) is 3.37. The van der Waals surface area contributed by atoms with Crippen molar-refractivity contribution in [1.29, 1.82) is 0 Å². The number of rotatable bonds is 5. The van der Waals surface area contributed by atoms with Gasteiger partial charge in [-0.1, -0.05) is 61.7 Å². The molecule has 2 aromatic carbocycles. The molecule has 0 heterocycles. The Bertz CT molecular complexity index is 787. The van der Waals surface area contributed by atoms with Crippen LogP contribution in [0.3, 0.4) is 0 Å². The molecule has 4 heteroatoms. The Morgan fingerprint density at radius 1 is 1.04 bits per heavy atom. The van der Waals surface area contributed by atoms with Gasteiger partial charge in [0.15, 0.2) is 5.78 Å². The van der Waals surface area contributed by atoms with Crippen LogP contribution in [0.4, 0.5) is 5.69 Å². The average molecular weight is 335 g/mol. The minimum Gasteiger partial charge on any atom is -0.289 e. The maximum absolute atomic E-state index is 12.3. The van der Waals surface area contributed by atoms with Gasteiger partial charge in [0.05, 0.1) is 4.92 Å². The third-order valence-corrected chi connectivity index (χ3v) is 4.78. The summed E-state index contributed by atoms with van der Waals surface area (Å²) in [4.78, 5) is 22.7. The first kappa shape index (κ1) is 17.1. The monoisotopic (exact) mass is 335 g/mol. The lowest BCUT2D eigenvalue weighted by Crippen LogP contribution is -2.05. The maximum atomic E-state index is 12.3. The molecule has 4 nitrogen and oxygen atoms in total. The van der Waals surface area contributed by atoms with Crippen LogP contribution in [0, 0.1) is 10.1 Å². The number of non-ortho nitro benzene ring substituents is 1. The summed E-state index contributed by atoms with van der Waals surface area (Å²) in [7, 11) is 0. The Kier molecular flexibility index (Phi) is 5.39. The molecule has 1 aliphatic carbocycles. The summed E-state index contributed by atoms with van der Waals surface area (Å²) >= 11 is 0. The molecule has 0 saturated heterocycles. The summed E-state index contributed by atoms with van der Waals surface area (Å²) in [6.45, 7) is 0. The van der Waals surface area contributed by atoms with Crippen LogP contribution in [0.25, 0.3) is 6.08 Å². The predicted octanol–water partition coefficient (Wildman–Crippen LogP) is 5.54. The summed E-state index contributed by atoms with van der Waals surface area (Å²) in [6.07, 6.45) is 9.46. The van der Waals surface area contributed by atoms with Crippen molar-refractivity contribution in [2.75, 3.05) is 0 Å². The number of carbonyl (C=O) groups excluding carboxylic acids is 1. The van der Waals surface area contributed by atoms with E-state index in [1.807, 2.05) is 12.1 Å². The zero-order valence-electron chi connectivity index (χ0n) is 14.1. The van der Waals surface area contributed by atoms with Crippen LogP contribution < -0.4 is 0 Å². The molecule has 128 valence electrons. The molecule has 1 saturated carbocycles. The first-order valence-electron chi connectivity index (χ1n) is 8.70. The van der Waals surface area contributed by atoms with Gasteiger partial charge >= 0.3 is 0 Å². The molecule has 1 aliphatic rings. The minimum atomic E-state index is -0.441. The maximum Gasteiger partial charge on any atom is 0.270 e. The smallest absolute Gasteiger partial charge is 0.270 e. The van der Waals surface area contributed by atoms with Crippen molar-refractivity contribution in [3.05, 3.63) is 81.4 Å². The zero-order chi connectivity index (χ0) is 17.6. The molecular weight excluding hydrogens is 314 g/mol. The van der Waals surface area contributed by atoms with Crippen molar-refractivity contribution in [2.45, 2.75) is 38.0 Å². The Hall–Kier alpha value is -2.75. The number of ketones is 1. The van der Waals surface area contributed by atoms with Gasteiger partial charge in [0.1, 0.15) is 0 Å². The molecule has 0 aliphatic heterocycles.